The molecule has 0 heterocycles. The Morgan fingerprint density at radius 2 is 1.86 bits per heavy atom. The Kier molecular flexibility index (Phi) is 4.63. The van der Waals surface area contributed by atoms with Gasteiger partial charge in [0.05, 0.1) is 6.61 Å². The molecule has 0 aromatic heterocycles. The lowest BCUT2D eigenvalue weighted by Crippen LogP contribution is -2.32. The summed E-state index contributed by atoms with van der Waals surface area (Å²) < 4.78 is 5.08. The maximum absolute atomic E-state index is 5.08. The normalized spacial score (nSPS) is 15.1. The average molecular weight is 193 g/mol. The van der Waals surface area contributed by atoms with E-state index in [0.717, 1.165) is 6.61 Å². The van der Waals surface area contributed by atoms with Crippen molar-refractivity contribution >= 4 is 0 Å². The van der Waals surface area contributed by atoms with Crippen molar-refractivity contribution in [1.29, 1.82) is 0 Å². The highest BCUT2D eigenvalue weighted by atomic mass is 16.5. The largest absolute Gasteiger partial charge is 0.383 e. The first-order chi connectivity index (χ1) is 6.74. The summed E-state index contributed by atoms with van der Waals surface area (Å²) in [6.45, 7) is 5.04. The van der Waals surface area contributed by atoms with Crippen LogP contribution in [0.4, 0.5) is 0 Å². The van der Waals surface area contributed by atoms with Gasteiger partial charge in [-0.15, -0.1) is 0 Å². The van der Waals surface area contributed by atoms with Gasteiger partial charge in [-0.25, -0.2) is 0 Å². The van der Waals surface area contributed by atoms with Gasteiger partial charge in [-0.1, -0.05) is 30.3 Å². The van der Waals surface area contributed by atoms with Crippen LogP contribution in [0.3, 0.4) is 0 Å². The van der Waals surface area contributed by atoms with Crippen molar-refractivity contribution in [1.82, 2.24) is 5.32 Å². The minimum atomic E-state index is 0.376. The van der Waals surface area contributed by atoms with E-state index in [4.69, 9.17) is 4.74 Å². The molecule has 1 aromatic carbocycles. The summed E-state index contributed by atoms with van der Waals surface area (Å²) in [5.41, 5.74) is 1.32. The van der Waals surface area contributed by atoms with Crippen molar-refractivity contribution < 1.29 is 4.74 Å². The third-order valence-corrected chi connectivity index (χ3v) is 2.25. The molecule has 2 heteroatoms. The molecule has 0 spiro atoms. The first kappa shape index (κ1) is 11.2. The lowest BCUT2D eigenvalue weighted by atomic mass is 10.1. The quantitative estimate of drug-likeness (QED) is 0.775. The van der Waals surface area contributed by atoms with Gasteiger partial charge in [0, 0.05) is 19.2 Å². The molecule has 0 radical (unpaired) electrons. The Labute approximate surface area is 86.3 Å². The fourth-order valence-electron chi connectivity index (χ4n) is 1.56. The lowest BCUT2D eigenvalue weighted by Gasteiger charge is -2.19. The summed E-state index contributed by atoms with van der Waals surface area (Å²) >= 11 is 0. The zero-order chi connectivity index (χ0) is 10.4. The van der Waals surface area contributed by atoms with Crippen LogP contribution in [0, 0.1) is 0 Å². The van der Waals surface area contributed by atoms with E-state index in [9.17, 15) is 0 Å². The molecule has 1 rings (SSSR count). The Bertz CT molecular complexity index is 248. The highest BCUT2D eigenvalue weighted by Gasteiger charge is 2.07. The average Bonchev–Trinajstić information content (AvgIpc) is 2.19. The number of hydrogen-bond acceptors (Lipinski definition) is 2. The summed E-state index contributed by atoms with van der Waals surface area (Å²) in [4.78, 5) is 0. The van der Waals surface area contributed by atoms with Crippen molar-refractivity contribution in [3.8, 4) is 0 Å². The number of ether oxygens (including phenoxy) is 1. The fraction of sp³-hybridized carbons (Fsp3) is 0.500. The van der Waals surface area contributed by atoms with Crippen LogP contribution in [0.2, 0.25) is 0 Å². The molecule has 0 aliphatic heterocycles. The second-order valence-electron chi connectivity index (χ2n) is 3.66. The molecule has 1 N–H and O–H groups in total. The third kappa shape index (κ3) is 3.48. The van der Waals surface area contributed by atoms with Crippen molar-refractivity contribution in [2.24, 2.45) is 0 Å². The molecule has 1 aromatic rings. The van der Waals surface area contributed by atoms with Crippen LogP contribution in [-0.4, -0.2) is 19.8 Å². The molecular formula is C12H19NO. The van der Waals surface area contributed by atoms with E-state index in [1.807, 2.05) is 6.07 Å². The predicted octanol–water partition coefficient (Wildman–Crippen LogP) is 2.37. The summed E-state index contributed by atoms with van der Waals surface area (Å²) in [6, 6.07) is 11.2. The van der Waals surface area contributed by atoms with Crippen LogP contribution in [0.1, 0.15) is 25.5 Å². The van der Waals surface area contributed by atoms with E-state index < -0.39 is 0 Å². The molecule has 0 bridgehead atoms. The van der Waals surface area contributed by atoms with Gasteiger partial charge in [-0.05, 0) is 19.4 Å². The van der Waals surface area contributed by atoms with Crippen LogP contribution < -0.4 is 5.32 Å². The molecule has 0 saturated heterocycles. The zero-order valence-electron chi connectivity index (χ0n) is 9.16. The highest BCUT2D eigenvalue weighted by molar-refractivity contribution is 5.18. The summed E-state index contributed by atoms with van der Waals surface area (Å²) in [5.74, 6) is 0. The van der Waals surface area contributed by atoms with Crippen LogP contribution >= 0.6 is 0 Å². The number of benzene rings is 1. The maximum Gasteiger partial charge on any atom is 0.0613 e. The molecule has 2 nitrogen and oxygen atoms in total. The highest BCUT2D eigenvalue weighted by Crippen LogP contribution is 2.11. The van der Waals surface area contributed by atoms with Gasteiger partial charge < -0.3 is 10.1 Å². The standard InChI is InChI=1S/C12H19NO/c1-10(9-14-3)13-11(2)12-7-5-4-6-8-12/h4-8,10-11,13H,9H2,1-3H3/t10-,11-/m1/s1. The van der Waals surface area contributed by atoms with Crippen LogP contribution in [0.25, 0.3) is 0 Å². The summed E-state index contributed by atoms with van der Waals surface area (Å²) in [6.07, 6.45) is 0. The van der Waals surface area contributed by atoms with E-state index in [0.29, 0.717) is 12.1 Å². The zero-order valence-corrected chi connectivity index (χ0v) is 9.16. The van der Waals surface area contributed by atoms with Crippen molar-refractivity contribution in [2.45, 2.75) is 25.9 Å². The molecule has 0 aliphatic carbocycles. The van der Waals surface area contributed by atoms with Gasteiger partial charge in [0.15, 0.2) is 0 Å². The molecule has 78 valence electrons. The van der Waals surface area contributed by atoms with Gasteiger partial charge in [0.2, 0.25) is 0 Å². The molecule has 0 aliphatic rings. The topological polar surface area (TPSA) is 21.3 Å². The minimum Gasteiger partial charge on any atom is -0.383 e. The molecule has 0 amide bonds. The van der Waals surface area contributed by atoms with Gasteiger partial charge in [-0.3, -0.25) is 0 Å². The molecule has 0 fully saturated rings. The second-order valence-corrected chi connectivity index (χ2v) is 3.66. The first-order valence-electron chi connectivity index (χ1n) is 5.04. The molecule has 2 atom stereocenters. The van der Waals surface area contributed by atoms with Gasteiger partial charge >= 0.3 is 0 Å². The monoisotopic (exact) mass is 193 g/mol. The lowest BCUT2D eigenvalue weighted by molar-refractivity contribution is 0.168. The summed E-state index contributed by atoms with van der Waals surface area (Å²) in [5, 5.41) is 3.47. The number of nitrogens with one attached hydrogen (secondary N) is 1. The van der Waals surface area contributed by atoms with Crippen molar-refractivity contribution in [3.63, 3.8) is 0 Å². The van der Waals surface area contributed by atoms with Gasteiger partial charge in [-0.2, -0.15) is 0 Å². The SMILES string of the molecule is COC[C@@H](C)N[C@H](C)c1ccccc1. The fourth-order valence-corrected chi connectivity index (χ4v) is 1.56. The van der Waals surface area contributed by atoms with Crippen molar-refractivity contribution in [2.75, 3.05) is 13.7 Å². The van der Waals surface area contributed by atoms with Gasteiger partial charge in [0.1, 0.15) is 0 Å². The van der Waals surface area contributed by atoms with Crippen molar-refractivity contribution in [3.05, 3.63) is 35.9 Å². The Balaban J connectivity index is 2.46. The maximum atomic E-state index is 5.08. The minimum absolute atomic E-state index is 0.376. The Morgan fingerprint density at radius 1 is 1.21 bits per heavy atom. The van der Waals surface area contributed by atoms with E-state index in [2.05, 4.69) is 43.4 Å². The van der Waals surface area contributed by atoms with Gasteiger partial charge in [0.25, 0.3) is 0 Å². The van der Waals surface area contributed by atoms with E-state index >= 15 is 0 Å². The second kappa shape index (κ2) is 5.78. The van der Waals surface area contributed by atoms with Crippen LogP contribution in [-0.2, 0) is 4.74 Å². The number of hydrogen-bond donors (Lipinski definition) is 1. The molecule has 14 heavy (non-hydrogen) atoms. The van der Waals surface area contributed by atoms with E-state index in [1.54, 1.807) is 7.11 Å². The van der Waals surface area contributed by atoms with Crippen LogP contribution in [0.5, 0.6) is 0 Å². The van der Waals surface area contributed by atoms with E-state index in [1.165, 1.54) is 5.56 Å². The Hall–Kier alpha value is -0.860. The predicted molar refractivity (Wildman–Crippen MR) is 59.3 cm³/mol. The molecular weight excluding hydrogens is 174 g/mol. The molecule has 0 saturated carbocycles. The van der Waals surface area contributed by atoms with Crippen LogP contribution in [0.15, 0.2) is 30.3 Å². The summed E-state index contributed by atoms with van der Waals surface area (Å²) in [7, 11) is 1.73. The smallest absolute Gasteiger partial charge is 0.0613 e. The number of rotatable bonds is 5. The van der Waals surface area contributed by atoms with E-state index in [-0.39, 0.29) is 0 Å². The number of methoxy groups -OCH3 is 1. The first-order valence-corrected chi connectivity index (χ1v) is 5.04. The third-order valence-electron chi connectivity index (χ3n) is 2.25. The molecule has 0 unspecified atom stereocenters. The Morgan fingerprint density at radius 3 is 2.43 bits per heavy atom.